The van der Waals surface area contributed by atoms with Crippen LogP contribution in [0, 0.1) is 0 Å². The van der Waals surface area contributed by atoms with Crippen LogP contribution in [0.3, 0.4) is 0 Å². The summed E-state index contributed by atoms with van der Waals surface area (Å²) in [5.41, 5.74) is -0.894. The molecule has 1 saturated heterocycles. The number of fused-ring (bicyclic) bond motifs is 1. The molecule has 31 heavy (non-hydrogen) atoms. The Morgan fingerprint density at radius 1 is 1.06 bits per heavy atom. The van der Waals surface area contributed by atoms with Crippen molar-refractivity contribution >= 4 is 11.0 Å². The van der Waals surface area contributed by atoms with E-state index < -0.39 is 48.7 Å². The molecule has 1 aromatic carbocycles. The molecule has 10 nitrogen and oxygen atoms in total. The smallest absolute Gasteiger partial charge is 0.382 e. The van der Waals surface area contributed by atoms with Crippen molar-refractivity contribution in [3.05, 3.63) is 28.6 Å². The molecule has 0 radical (unpaired) electrons. The van der Waals surface area contributed by atoms with E-state index in [0.717, 1.165) is 25.7 Å². The summed E-state index contributed by atoms with van der Waals surface area (Å²) in [7, 11) is 0. The van der Waals surface area contributed by atoms with Gasteiger partial charge < -0.3 is 44.2 Å². The van der Waals surface area contributed by atoms with Crippen LogP contribution in [0.25, 0.3) is 11.0 Å². The van der Waals surface area contributed by atoms with E-state index in [4.69, 9.17) is 18.6 Å². The monoisotopic (exact) mass is 440 g/mol. The van der Waals surface area contributed by atoms with E-state index in [-0.39, 0.29) is 17.1 Å². The summed E-state index contributed by atoms with van der Waals surface area (Å²) >= 11 is 0. The average molecular weight is 440 g/mol. The van der Waals surface area contributed by atoms with Crippen LogP contribution in [-0.4, -0.2) is 69.5 Å². The second kappa shape index (κ2) is 10.3. The fraction of sp³-hybridized carbons (Fsp3) is 0.571. The summed E-state index contributed by atoms with van der Waals surface area (Å²) in [6.07, 6.45) is -3.30. The molecule has 0 spiro atoms. The molecule has 1 aliphatic heterocycles. The van der Waals surface area contributed by atoms with Gasteiger partial charge in [-0.2, -0.15) is 0 Å². The molecule has 172 valence electrons. The Kier molecular flexibility index (Phi) is 7.74. The number of ether oxygens (including phenoxy) is 3. The molecular formula is C21H28O10. The lowest BCUT2D eigenvalue weighted by Crippen LogP contribution is -2.60. The highest BCUT2D eigenvalue weighted by atomic mass is 16.7. The Bertz CT molecular complexity index is 924. The molecule has 5 N–H and O–H groups in total. The molecule has 10 heteroatoms. The highest BCUT2D eigenvalue weighted by molar-refractivity contribution is 5.86. The summed E-state index contributed by atoms with van der Waals surface area (Å²) < 4.78 is 21.6. The quantitative estimate of drug-likeness (QED) is 0.277. The highest BCUT2D eigenvalue weighted by Gasteiger charge is 2.44. The van der Waals surface area contributed by atoms with Gasteiger partial charge in [0.05, 0.1) is 18.6 Å². The Labute approximate surface area is 178 Å². The van der Waals surface area contributed by atoms with Crippen molar-refractivity contribution in [1.82, 2.24) is 0 Å². The molecule has 0 saturated carbocycles. The first-order valence-corrected chi connectivity index (χ1v) is 10.3. The van der Waals surface area contributed by atoms with Crippen LogP contribution in [0.1, 0.15) is 32.6 Å². The molecule has 0 bridgehead atoms. The summed E-state index contributed by atoms with van der Waals surface area (Å²) in [6.45, 7) is 1.83. The third kappa shape index (κ3) is 5.10. The first-order chi connectivity index (χ1) is 14.9. The van der Waals surface area contributed by atoms with Gasteiger partial charge in [0, 0.05) is 6.07 Å². The molecule has 0 amide bonds. The van der Waals surface area contributed by atoms with E-state index in [1.165, 1.54) is 18.2 Å². The summed E-state index contributed by atoms with van der Waals surface area (Å²) in [5, 5.41) is 49.6. The Hall–Kier alpha value is -2.37. The maximum atomic E-state index is 12.0. The maximum absolute atomic E-state index is 12.0. The number of hydrogen-bond acceptors (Lipinski definition) is 10. The maximum Gasteiger partial charge on any atom is 0.382 e. The molecule has 0 unspecified atom stereocenters. The van der Waals surface area contributed by atoms with Gasteiger partial charge in [-0.25, -0.2) is 4.79 Å². The lowest BCUT2D eigenvalue weighted by atomic mass is 9.99. The zero-order chi connectivity index (χ0) is 22.5. The number of unbranched alkanes of at least 4 members (excludes halogenated alkanes) is 3. The Morgan fingerprint density at radius 3 is 2.55 bits per heavy atom. The van der Waals surface area contributed by atoms with Crippen LogP contribution in [0.5, 0.6) is 17.2 Å². The fourth-order valence-electron chi connectivity index (χ4n) is 3.36. The van der Waals surface area contributed by atoms with E-state index in [1.807, 2.05) is 0 Å². The van der Waals surface area contributed by atoms with Gasteiger partial charge in [-0.05, 0) is 18.6 Å². The van der Waals surface area contributed by atoms with E-state index >= 15 is 0 Å². The van der Waals surface area contributed by atoms with Crippen molar-refractivity contribution in [2.45, 2.75) is 63.3 Å². The molecule has 1 fully saturated rings. The van der Waals surface area contributed by atoms with E-state index in [0.29, 0.717) is 12.0 Å². The van der Waals surface area contributed by atoms with Crippen LogP contribution >= 0.6 is 0 Å². The predicted molar refractivity (Wildman–Crippen MR) is 108 cm³/mol. The molecule has 2 heterocycles. The molecule has 2 aromatic rings. The van der Waals surface area contributed by atoms with Crippen molar-refractivity contribution in [3.8, 4) is 17.2 Å². The SMILES string of the molecule is CCCCCCOc1c(O)c(=O)oc2cc(O[C@H]3O[C@H](CO)[C@@H](O)[C@H](O)[C@@H]3O)ccc12. The third-order valence-electron chi connectivity index (χ3n) is 5.15. The van der Waals surface area contributed by atoms with Crippen molar-refractivity contribution in [3.63, 3.8) is 0 Å². The fourth-order valence-corrected chi connectivity index (χ4v) is 3.36. The van der Waals surface area contributed by atoms with E-state index in [9.17, 15) is 30.3 Å². The van der Waals surface area contributed by atoms with Gasteiger partial charge in [-0.3, -0.25) is 0 Å². The minimum absolute atomic E-state index is 0.0159. The van der Waals surface area contributed by atoms with Crippen molar-refractivity contribution < 1.29 is 44.2 Å². The normalized spacial score (nSPS) is 26.2. The molecular weight excluding hydrogens is 412 g/mol. The number of hydrogen-bond donors (Lipinski definition) is 5. The minimum Gasteiger partial charge on any atom is -0.499 e. The van der Waals surface area contributed by atoms with Crippen LogP contribution in [0.4, 0.5) is 0 Å². The molecule has 0 aliphatic carbocycles. The van der Waals surface area contributed by atoms with E-state index in [1.54, 1.807) is 0 Å². The minimum atomic E-state index is -1.58. The van der Waals surface area contributed by atoms with Gasteiger partial charge in [-0.15, -0.1) is 0 Å². The number of benzene rings is 1. The lowest BCUT2D eigenvalue weighted by Gasteiger charge is -2.39. The van der Waals surface area contributed by atoms with Crippen molar-refractivity contribution in [1.29, 1.82) is 0 Å². The molecule has 5 atom stereocenters. The van der Waals surface area contributed by atoms with Crippen molar-refractivity contribution in [2.75, 3.05) is 13.2 Å². The van der Waals surface area contributed by atoms with Gasteiger partial charge in [0.1, 0.15) is 35.7 Å². The van der Waals surface area contributed by atoms with Gasteiger partial charge >= 0.3 is 5.63 Å². The number of rotatable bonds is 9. The number of aliphatic hydroxyl groups excluding tert-OH is 4. The largest absolute Gasteiger partial charge is 0.499 e. The third-order valence-corrected chi connectivity index (χ3v) is 5.15. The topological polar surface area (TPSA) is 159 Å². The Balaban J connectivity index is 1.81. The van der Waals surface area contributed by atoms with Crippen LogP contribution < -0.4 is 15.1 Å². The second-order valence-electron chi connectivity index (χ2n) is 7.45. The van der Waals surface area contributed by atoms with Crippen LogP contribution in [-0.2, 0) is 4.74 Å². The van der Waals surface area contributed by atoms with Crippen LogP contribution in [0.15, 0.2) is 27.4 Å². The highest BCUT2D eigenvalue weighted by Crippen LogP contribution is 2.34. The second-order valence-corrected chi connectivity index (χ2v) is 7.45. The van der Waals surface area contributed by atoms with Gasteiger partial charge in [0.15, 0.2) is 5.75 Å². The van der Waals surface area contributed by atoms with Gasteiger partial charge in [-0.1, -0.05) is 26.2 Å². The average Bonchev–Trinajstić information content (AvgIpc) is 2.76. The molecule has 1 aromatic heterocycles. The summed E-state index contributed by atoms with van der Waals surface area (Å²) in [5.74, 6) is -0.479. The lowest BCUT2D eigenvalue weighted by molar-refractivity contribution is -0.277. The van der Waals surface area contributed by atoms with Gasteiger partial charge in [0.25, 0.3) is 0 Å². The molecule has 1 aliphatic rings. The van der Waals surface area contributed by atoms with E-state index in [2.05, 4.69) is 6.92 Å². The van der Waals surface area contributed by atoms with Crippen LogP contribution in [0.2, 0.25) is 0 Å². The predicted octanol–water partition coefficient (Wildman–Crippen LogP) is 0.636. The first-order valence-electron chi connectivity index (χ1n) is 10.3. The van der Waals surface area contributed by atoms with Gasteiger partial charge in [0.2, 0.25) is 12.0 Å². The zero-order valence-electron chi connectivity index (χ0n) is 17.1. The number of aromatic hydroxyl groups is 1. The Morgan fingerprint density at radius 2 is 1.84 bits per heavy atom. The summed E-state index contributed by atoms with van der Waals surface area (Å²) in [6, 6.07) is 4.34. The summed E-state index contributed by atoms with van der Waals surface area (Å²) in [4.78, 5) is 12.0. The van der Waals surface area contributed by atoms with Crippen molar-refractivity contribution in [2.24, 2.45) is 0 Å². The zero-order valence-corrected chi connectivity index (χ0v) is 17.1. The standard InChI is InChI=1S/C21H28O10/c1-2-3-4-5-8-28-19-12-7-6-11(9-13(12)30-20(27)18(19)26)29-21-17(25)16(24)15(23)14(10-22)31-21/h6-7,9,14-17,21-26H,2-5,8,10H2,1H3/t14-,15-,16+,17+,21+/m1/s1. The first kappa shape index (κ1) is 23.3. The molecule has 3 rings (SSSR count). The number of aliphatic hydroxyl groups is 4.